The summed E-state index contributed by atoms with van der Waals surface area (Å²) in [5, 5.41) is 11.4. The number of nitrogens with zero attached hydrogens (tertiary/aromatic N) is 1. The monoisotopic (exact) mass is 347 g/mol. The van der Waals surface area contributed by atoms with Crippen LogP contribution in [0.4, 0.5) is 5.69 Å². The number of nitro groups is 1. The molecule has 0 unspecified atom stereocenters. The number of hydrogen-bond donors (Lipinski definition) is 0. The van der Waals surface area contributed by atoms with Crippen LogP contribution in [0.1, 0.15) is 5.56 Å². The van der Waals surface area contributed by atoms with Crippen molar-refractivity contribution in [3.63, 3.8) is 0 Å². The van der Waals surface area contributed by atoms with Crippen molar-refractivity contribution in [2.45, 2.75) is 0 Å². The summed E-state index contributed by atoms with van der Waals surface area (Å²) in [6.07, 6.45) is 2.49. The summed E-state index contributed by atoms with van der Waals surface area (Å²) in [6, 6.07) is 13.0. The van der Waals surface area contributed by atoms with Crippen LogP contribution < -0.4 is 4.74 Å². The smallest absolute Gasteiger partial charge is 0.330 e. The predicted molar refractivity (Wildman–Crippen MR) is 90.0 cm³/mol. The molecule has 0 fully saturated rings. The summed E-state index contributed by atoms with van der Waals surface area (Å²) in [7, 11) is 0. The standard InChI is InChI=1S/C17H14ClNO5/c18-14-5-3-6-15(12-14)23-10-11-24-17(20)9-8-13-4-1-2-7-16(13)19(21)22/h1-9,12H,10-11H2/b9-8+. The molecule has 0 amide bonds. The van der Waals surface area contributed by atoms with Crippen molar-refractivity contribution >= 4 is 29.3 Å². The lowest BCUT2D eigenvalue weighted by molar-refractivity contribution is -0.385. The molecule has 2 aromatic rings. The van der Waals surface area contributed by atoms with Gasteiger partial charge in [-0.25, -0.2) is 4.79 Å². The average Bonchev–Trinajstić information content (AvgIpc) is 2.57. The van der Waals surface area contributed by atoms with Gasteiger partial charge >= 0.3 is 5.97 Å². The van der Waals surface area contributed by atoms with Gasteiger partial charge in [-0.15, -0.1) is 0 Å². The third kappa shape index (κ3) is 5.40. The van der Waals surface area contributed by atoms with E-state index in [0.717, 1.165) is 6.08 Å². The summed E-state index contributed by atoms with van der Waals surface area (Å²) >= 11 is 5.82. The first-order valence-electron chi connectivity index (χ1n) is 7.03. The van der Waals surface area contributed by atoms with Crippen molar-refractivity contribution in [3.8, 4) is 5.75 Å². The van der Waals surface area contributed by atoms with E-state index in [9.17, 15) is 14.9 Å². The molecule has 0 aliphatic carbocycles. The van der Waals surface area contributed by atoms with E-state index in [-0.39, 0.29) is 18.9 Å². The van der Waals surface area contributed by atoms with Crippen molar-refractivity contribution in [2.75, 3.05) is 13.2 Å². The number of esters is 1. The average molecular weight is 348 g/mol. The molecule has 0 atom stereocenters. The van der Waals surface area contributed by atoms with Crippen LogP contribution in [0.15, 0.2) is 54.6 Å². The maximum absolute atomic E-state index is 11.6. The van der Waals surface area contributed by atoms with Crippen LogP contribution in [-0.4, -0.2) is 24.1 Å². The second-order valence-corrected chi connectivity index (χ2v) is 5.06. The van der Waals surface area contributed by atoms with Crippen LogP contribution in [0.25, 0.3) is 6.08 Å². The molecule has 0 spiro atoms. The summed E-state index contributed by atoms with van der Waals surface area (Å²) in [5.74, 6) is -0.0307. The minimum Gasteiger partial charge on any atom is -0.490 e. The minimum atomic E-state index is -0.608. The number of hydrogen-bond acceptors (Lipinski definition) is 5. The molecule has 0 saturated heterocycles. The fourth-order valence-corrected chi connectivity index (χ4v) is 2.04. The normalized spacial score (nSPS) is 10.5. The Hall–Kier alpha value is -2.86. The van der Waals surface area contributed by atoms with Gasteiger partial charge in [0.1, 0.15) is 19.0 Å². The highest BCUT2D eigenvalue weighted by molar-refractivity contribution is 6.30. The predicted octanol–water partition coefficient (Wildman–Crippen LogP) is 3.88. The summed E-state index contributed by atoms with van der Waals surface area (Å²) in [5.41, 5.74) is 0.250. The first-order valence-corrected chi connectivity index (χ1v) is 7.40. The SMILES string of the molecule is O=C(/C=C/c1ccccc1[N+](=O)[O-])OCCOc1cccc(Cl)c1. The lowest BCUT2D eigenvalue weighted by Gasteiger charge is -2.06. The summed E-state index contributed by atoms with van der Waals surface area (Å²) in [6.45, 7) is 0.220. The number of nitro benzene ring substituents is 1. The van der Waals surface area contributed by atoms with Crippen molar-refractivity contribution in [1.29, 1.82) is 0 Å². The summed E-state index contributed by atoms with van der Waals surface area (Å²) in [4.78, 5) is 22.0. The number of carbonyl (C=O) groups excluding carboxylic acids is 1. The first kappa shape index (κ1) is 17.5. The molecule has 7 heteroatoms. The number of para-hydroxylation sites is 1. The van der Waals surface area contributed by atoms with Gasteiger partial charge in [0, 0.05) is 17.2 Å². The van der Waals surface area contributed by atoms with Crippen LogP contribution in [-0.2, 0) is 9.53 Å². The Morgan fingerprint density at radius 1 is 1.17 bits per heavy atom. The van der Waals surface area contributed by atoms with E-state index >= 15 is 0 Å². The molecule has 0 N–H and O–H groups in total. The third-order valence-electron chi connectivity index (χ3n) is 2.92. The second-order valence-electron chi connectivity index (χ2n) is 4.62. The highest BCUT2D eigenvalue weighted by Crippen LogP contribution is 2.19. The van der Waals surface area contributed by atoms with Crippen molar-refractivity contribution in [2.24, 2.45) is 0 Å². The number of ether oxygens (including phenoxy) is 2. The van der Waals surface area contributed by atoms with E-state index in [1.165, 1.54) is 12.1 Å². The van der Waals surface area contributed by atoms with Gasteiger partial charge in [0.25, 0.3) is 5.69 Å². The van der Waals surface area contributed by atoms with E-state index in [0.29, 0.717) is 16.3 Å². The minimum absolute atomic E-state index is 0.0482. The molecule has 0 bridgehead atoms. The Kier molecular flexibility index (Phi) is 6.33. The molecule has 124 valence electrons. The van der Waals surface area contributed by atoms with Gasteiger partial charge < -0.3 is 9.47 Å². The quantitative estimate of drug-likeness (QED) is 0.250. The molecular weight excluding hydrogens is 334 g/mol. The molecule has 2 aromatic carbocycles. The Morgan fingerprint density at radius 2 is 1.96 bits per heavy atom. The topological polar surface area (TPSA) is 78.7 Å². The number of carbonyl (C=O) groups is 1. The zero-order valence-corrected chi connectivity index (χ0v) is 13.3. The van der Waals surface area contributed by atoms with Crippen molar-refractivity contribution in [1.82, 2.24) is 0 Å². The van der Waals surface area contributed by atoms with Crippen LogP contribution in [0.5, 0.6) is 5.75 Å². The zero-order chi connectivity index (χ0) is 17.4. The van der Waals surface area contributed by atoms with E-state index in [4.69, 9.17) is 21.1 Å². The molecule has 0 saturated carbocycles. The fourth-order valence-electron chi connectivity index (χ4n) is 1.86. The number of rotatable bonds is 7. The van der Waals surface area contributed by atoms with Gasteiger partial charge in [-0.2, -0.15) is 0 Å². The lowest BCUT2D eigenvalue weighted by atomic mass is 10.1. The maximum atomic E-state index is 11.6. The van der Waals surface area contributed by atoms with Gasteiger partial charge in [0.2, 0.25) is 0 Å². The molecule has 6 nitrogen and oxygen atoms in total. The summed E-state index contributed by atoms with van der Waals surface area (Å²) < 4.78 is 10.3. The Labute approximate surface area is 143 Å². The van der Waals surface area contributed by atoms with E-state index in [1.807, 2.05) is 0 Å². The largest absolute Gasteiger partial charge is 0.490 e. The van der Waals surface area contributed by atoms with E-state index < -0.39 is 10.9 Å². The van der Waals surface area contributed by atoms with Gasteiger partial charge in [0.15, 0.2) is 0 Å². The molecule has 0 aromatic heterocycles. The molecular formula is C17H14ClNO5. The van der Waals surface area contributed by atoms with Gasteiger partial charge in [-0.05, 0) is 30.3 Å². The molecule has 0 radical (unpaired) electrons. The molecule has 24 heavy (non-hydrogen) atoms. The Balaban J connectivity index is 1.80. The van der Waals surface area contributed by atoms with Crippen LogP contribution in [0.3, 0.4) is 0 Å². The van der Waals surface area contributed by atoms with Gasteiger partial charge in [-0.1, -0.05) is 29.8 Å². The second kappa shape index (κ2) is 8.69. The van der Waals surface area contributed by atoms with E-state index in [2.05, 4.69) is 0 Å². The lowest BCUT2D eigenvalue weighted by Crippen LogP contribution is -2.10. The van der Waals surface area contributed by atoms with Crippen molar-refractivity contribution < 1.29 is 19.2 Å². The number of halogens is 1. The zero-order valence-electron chi connectivity index (χ0n) is 12.6. The fraction of sp³-hybridized carbons (Fsp3) is 0.118. The third-order valence-corrected chi connectivity index (χ3v) is 3.16. The van der Waals surface area contributed by atoms with Crippen LogP contribution in [0, 0.1) is 10.1 Å². The highest BCUT2D eigenvalue weighted by atomic mass is 35.5. The van der Waals surface area contributed by atoms with Crippen LogP contribution in [0.2, 0.25) is 5.02 Å². The van der Waals surface area contributed by atoms with E-state index in [1.54, 1.807) is 42.5 Å². The first-order chi connectivity index (χ1) is 11.6. The number of benzene rings is 2. The molecule has 2 rings (SSSR count). The van der Waals surface area contributed by atoms with Gasteiger partial charge in [-0.3, -0.25) is 10.1 Å². The van der Waals surface area contributed by atoms with Gasteiger partial charge in [0.05, 0.1) is 10.5 Å². The van der Waals surface area contributed by atoms with Crippen LogP contribution >= 0.6 is 11.6 Å². The molecule has 0 heterocycles. The Bertz CT molecular complexity index is 760. The maximum Gasteiger partial charge on any atom is 0.330 e. The molecule has 0 aliphatic rings. The Morgan fingerprint density at radius 3 is 2.71 bits per heavy atom. The van der Waals surface area contributed by atoms with Crippen molar-refractivity contribution in [3.05, 3.63) is 75.3 Å². The highest BCUT2D eigenvalue weighted by Gasteiger charge is 2.09. The molecule has 0 aliphatic heterocycles.